The Morgan fingerprint density at radius 1 is 0.936 bits per heavy atom. The summed E-state index contributed by atoms with van der Waals surface area (Å²) in [5, 5.41) is 49.2. The number of benzene rings is 3. The van der Waals surface area contributed by atoms with Gasteiger partial charge >= 0.3 is 17.8 Å². The number of aliphatic hydroxyl groups excluding tert-OH is 3. The molecule has 1 aliphatic carbocycles. The summed E-state index contributed by atoms with van der Waals surface area (Å²) in [7, 11) is 4.32. The number of quaternary nitrogens is 1. The van der Waals surface area contributed by atoms with Crippen LogP contribution in [0, 0.1) is 29.6 Å². The molecule has 10 N–H and O–H groups in total. The average molecular weight is 1300 g/mol. The highest BCUT2D eigenvalue weighted by Crippen LogP contribution is 2.47. The van der Waals surface area contributed by atoms with E-state index in [1.165, 1.54) is 46.1 Å². The highest BCUT2D eigenvalue weighted by atomic mass is 16.7. The Bertz CT molecular complexity index is 3870. The monoisotopic (exact) mass is 1300 g/mol. The van der Waals surface area contributed by atoms with E-state index >= 15 is 4.79 Å². The zero-order chi connectivity index (χ0) is 69.0. The van der Waals surface area contributed by atoms with Crippen molar-refractivity contribution in [2.45, 2.75) is 176 Å². The number of aliphatic hydroxyl groups is 3. The molecule has 508 valence electrons. The van der Waals surface area contributed by atoms with Crippen molar-refractivity contribution >= 4 is 80.5 Å². The smallest absolute Gasteiger partial charge is 0.312 e. The molecular weight excluding hydrogens is 1210 g/mol. The third kappa shape index (κ3) is 15.7. The van der Waals surface area contributed by atoms with Gasteiger partial charge in [-0.25, -0.2) is 9.78 Å². The lowest BCUT2D eigenvalue weighted by Crippen LogP contribution is -2.54. The van der Waals surface area contributed by atoms with Gasteiger partial charge in [0.25, 0.3) is 5.91 Å². The van der Waals surface area contributed by atoms with Crippen LogP contribution in [0.3, 0.4) is 0 Å². The van der Waals surface area contributed by atoms with Crippen LogP contribution in [0.5, 0.6) is 0 Å². The molecule has 1 unspecified atom stereocenters. The first-order chi connectivity index (χ1) is 44.2. The zero-order valence-electron chi connectivity index (χ0n) is 56.4. The summed E-state index contributed by atoms with van der Waals surface area (Å²) in [6.45, 7) is 22.4. The van der Waals surface area contributed by atoms with Gasteiger partial charge in [-0.3, -0.25) is 33.6 Å². The van der Waals surface area contributed by atoms with Crippen LogP contribution >= 0.6 is 0 Å². The fourth-order valence-corrected chi connectivity index (χ4v) is 13.3. The number of nitrogens with zero attached hydrogens (tertiary/aromatic N) is 3. The number of urea groups is 1. The number of rotatable bonds is 16. The van der Waals surface area contributed by atoms with Crippen LogP contribution < -0.4 is 53.3 Å². The minimum atomic E-state index is -2.04. The summed E-state index contributed by atoms with van der Waals surface area (Å²) >= 11 is 0. The molecule has 0 radical (unpaired) electrons. The van der Waals surface area contributed by atoms with Gasteiger partial charge in [0.2, 0.25) is 28.5 Å². The van der Waals surface area contributed by atoms with Crippen LogP contribution in [-0.2, 0) is 44.7 Å². The summed E-state index contributed by atoms with van der Waals surface area (Å²) in [6.07, 6.45) is 6.97. The maximum Gasteiger partial charge on any atom is 0.312 e. The molecule has 24 nitrogen and oxygen atoms in total. The Kier molecular flexibility index (Phi) is 22.4. The first kappa shape index (κ1) is 71.4. The predicted octanol–water partition coefficient (Wildman–Crippen LogP) is 6.49. The van der Waals surface area contributed by atoms with Crippen molar-refractivity contribution in [2.75, 3.05) is 49.3 Å². The second-order valence-electron chi connectivity index (χ2n) is 27.3. The van der Waals surface area contributed by atoms with E-state index in [4.69, 9.17) is 29.3 Å². The van der Waals surface area contributed by atoms with Gasteiger partial charge in [0.15, 0.2) is 16.7 Å². The molecule has 1 aromatic heterocycles. The Hall–Kier alpha value is -8.45. The second kappa shape index (κ2) is 29.5. The molecule has 5 aliphatic rings. The number of esters is 1. The number of primary amides is 1. The van der Waals surface area contributed by atoms with Crippen molar-refractivity contribution in [1.29, 1.82) is 0 Å². The molecule has 2 fully saturated rings. The van der Waals surface area contributed by atoms with E-state index in [2.05, 4.69) is 45.6 Å². The fourth-order valence-electron chi connectivity index (χ4n) is 13.3. The van der Waals surface area contributed by atoms with E-state index in [1.54, 1.807) is 45.1 Å². The number of aromatic nitrogens is 1. The number of amides is 5. The van der Waals surface area contributed by atoms with E-state index in [0.29, 0.717) is 41.9 Å². The van der Waals surface area contributed by atoms with Gasteiger partial charge in [-0.15, -0.1) is 0 Å². The fraction of sp³-hybridized carbons (Fsp3) is 0.529. The molecule has 4 aromatic rings. The number of ether oxygens (including phenoxy) is 3. The molecule has 2 saturated heterocycles. The van der Waals surface area contributed by atoms with Crippen LogP contribution in [-0.4, -0.2) is 142 Å². The zero-order valence-corrected chi connectivity index (χ0v) is 56.4. The molecule has 3 aromatic carbocycles. The molecule has 9 rings (SSSR count). The maximum absolute atomic E-state index is 15.1. The molecule has 24 heteroatoms. The Balaban J connectivity index is 1.07. The number of anilines is 3. The number of allylic oxidation sites excluding steroid dienone is 4. The SMILES string of the molecule is CC(=O)O[C@H]1[C@H](C)[C@H](O)[C@H](C)[C@@H](O)[C@@H](C)/C=C/C=C(/C)C(=O)Nc2c(=O)c3c(c4nc5c(=O)cc(N6CCC([N+](C)(C)Cc7ccc(NC(=O)[C@H](CCCNC(N)=O)NC(=O)[C@@H](NC(C)C)C(C)C)cc7)CC6)cc5oc24)C2C(=O)[C@@](C)(O/C=C/C[C@H]1C)OC2=C(C)C=3O. The Morgan fingerprint density at radius 2 is 1.62 bits per heavy atom. The van der Waals surface area contributed by atoms with Gasteiger partial charge in [0, 0.05) is 116 Å². The molecule has 94 heavy (non-hydrogen) atoms. The molecule has 0 saturated carbocycles. The third-order valence-corrected chi connectivity index (χ3v) is 18.9. The molecule has 5 amide bonds. The van der Waals surface area contributed by atoms with E-state index in [-0.39, 0.29) is 93.2 Å². The number of fused-ring (bicyclic) bond motifs is 14. The van der Waals surface area contributed by atoms with Crippen molar-refractivity contribution in [3.8, 4) is 0 Å². The minimum Gasteiger partial charge on any atom is -0.507 e. The number of nitrogens with one attached hydrogen (secondary N) is 5. The normalized spacial score (nSPS) is 26.0. The number of piperidine rings is 1. The number of Topliss-reactive ketones (excluding diaryl/α,β-unsaturated/α-hetero) is 1. The van der Waals surface area contributed by atoms with Crippen LogP contribution in [0.25, 0.3) is 28.0 Å². The van der Waals surface area contributed by atoms with Gasteiger partial charge in [-0.2, -0.15) is 0 Å². The molecule has 5 heterocycles. The first-order valence-electron chi connectivity index (χ1n) is 32.5. The van der Waals surface area contributed by atoms with Crippen LogP contribution in [0.1, 0.15) is 132 Å². The standard InChI is InChI=1S/C70H93N9O15/c1-35(2)54(73-36(3)4)68(89)75-48(21-16-28-72-69(71)90)67(88)74-45-24-22-44(23-25-45)34-79(13,14)47-26-29-78(30-27-47)46-32-49(81)55-50(33-46)93-64-56(76-55)51-52-60(84)42(10)63-53(51)65(86)70(12,94-63)91-31-17-20-38(6)62(92-43(11)80)41(9)59(83)40(8)58(82)37(5)18-15-19-39(7)66(87)77-57(64)61(52)85/h15,17-19,22-25,31-33,35-38,40-41,47-48,53-54,58-59,62,73,82-83H,16,20-21,26-30,34H2,1-14H3,(H6-,71,72,74,75,76,77,81,84,85,87,88,89,90)/p+1/b18-15+,31-17+,39-19-/t37-,38+,40+,41+,48-,53?,54-,58-,59+,62+,70-/m0/s1. The molecular formula is C70H94N9O15+. The molecule has 4 aliphatic heterocycles. The van der Waals surface area contributed by atoms with E-state index in [9.17, 15) is 48.9 Å². The van der Waals surface area contributed by atoms with Crippen LogP contribution in [0.4, 0.5) is 21.9 Å². The van der Waals surface area contributed by atoms with Gasteiger partial charge in [0.05, 0.1) is 49.9 Å². The summed E-state index contributed by atoms with van der Waals surface area (Å²) in [5.74, 6) is -9.06. The second-order valence-corrected chi connectivity index (χ2v) is 27.3. The van der Waals surface area contributed by atoms with Crippen molar-refractivity contribution < 1.29 is 67.2 Å². The van der Waals surface area contributed by atoms with Gasteiger partial charge < -0.3 is 75.6 Å². The third-order valence-electron chi connectivity index (χ3n) is 18.9. The van der Waals surface area contributed by atoms with Gasteiger partial charge in [-0.05, 0) is 63.2 Å². The average Bonchev–Trinajstić information content (AvgIpc) is 1.39. The number of nitrogens with two attached hydrogens (primary N) is 1. The lowest BCUT2D eigenvalue weighted by atomic mass is 9.79. The summed E-state index contributed by atoms with van der Waals surface area (Å²) in [4.78, 5) is 117. The summed E-state index contributed by atoms with van der Waals surface area (Å²) in [5.41, 5.74) is 4.96. The van der Waals surface area contributed by atoms with Crippen molar-refractivity contribution in [3.05, 3.63) is 121 Å². The van der Waals surface area contributed by atoms with Crippen LogP contribution in [0.2, 0.25) is 0 Å². The van der Waals surface area contributed by atoms with Crippen molar-refractivity contribution in [1.82, 2.24) is 20.9 Å². The molecule has 11 atom stereocenters. The molecule has 5 bridgehead atoms. The predicted molar refractivity (Wildman–Crippen MR) is 358 cm³/mol. The highest BCUT2D eigenvalue weighted by Gasteiger charge is 2.56. The minimum absolute atomic E-state index is 0.0164. The number of hydrogen-bond donors (Lipinski definition) is 9. The highest BCUT2D eigenvalue weighted by molar-refractivity contribution is 6.10. The van der Waals surface area contributed by atoms with Gasteiger partial charge in [0.1, 0.15) is 47.3 Å². The number of carbonyl (C=O) groups is 6. The van der Waals surface area contributed by atoms with E-state index in [0.717, 1.165) is 18.4 Å². The van der Waals surface area contributed by atoms with Crippen molar-refractivity contribution in [2.24, 2.45) is 35.3 Å². The first-order valence-corrected chi connectivity index (χ1v) is 32.5. The Labute approximate surface area is 547 Å². The lowest BCUT2D eigenvalue weighted by Gasteiger charge is -2.43. The molecule has 0 spiro atoms. The van der Waals surface area contributed by atoms with Crippen LogP contribution in [0.15, 0.2) is 97.9 Å². The number of carbonyl (C=O) groups excluding carboxylic acids is 6. The maximum atomic E-state index is 15.1. The van der Waals surface area contributed by atoms with Gasteiger partial charge in [-0.1, -0.05) is 85.8 Å². The van der Waals surface area contributed by atoms with E-state index in [1.807, 2.05) is 58.9 Å². The summed E-state index contributed by atoms with van der Waals surface area (Å²) < 4.78 is 25.4. The topological polar surface area (TPSA) is 340 Å². The van der Waals surface area contributed by atoms with Crippen molar-refractivity contribution in [3.63, 3.8) is 0 Å². The number of hydrogen-bond acceptors (Lipinski definition) is 18. The largest absolute Gasteiger partial charge is 0.507 e. The lowest BCUT2D eigenvalue weighted by molar-refractivity contribution is -0.928. The quantitative estimate of drug-likeness (QED) is 0.0251. The Morgan fingerprint density at radius 3 is 2.26 bits per heavy atom. The van der Waals surface area contributed by atoms with E-state index < -0.39 is 118 Å². The summed E-state index contributed by atoms with van der Waals surface area (Å²) in [6, 6.07) is 8.83. The number of ketones is 1.